The number of nitro benzene ring substituents is 2. The molecule has 0 fully saturated rings. The van der Waals surface area contributed by atoms with Crippen molar-refractivity contribution in [3.63, 3.8) is 0 Å². The first kappa shape index (κ1) is 19.5. The van der Waals surface area contributed by atoms with Crippen molar-refractivity contribution >= 4 is 34.7 Å². The lowest BCUT2D eigenvalue weighted by molar-refractivity contribution is -0.393. The van der Waals surface area contributed by atoms with E-state index in [2.05, 4.69) is 10.5 Å². The van der Waals surface area contributed by atoms with Crippen molar-refractivity contribution in [1.82, 2.24) is 0 Å². The maximum atomic E-state index is 11.1. The maximum Gasteiger partial charge on any atom is 0.301 e. The molecule has 146 valence electrons. The van der Waals surface area contributed by atoms with Gasteiger partial charge in [-0.1, -0.05) is 30.3 Å². The SMILES string of the molecule is CN(c1ccccc1)c1ccc(C=NNc2ccc([N+](=O)[O-])cc2[N+](=O)[O-])cc1. The molecule has 1 N–H and O–H groups in total. The van der Waals surface area contributed by atoms with Crippen LogP contribution in [0.3, 0.4) is 0 Å². The predicted molar refractivity (Wildman–Crippen MR) is 112 cm³/mol. The Morgan fingerprint density at radius 3 is 2.17 bits per heavy atom. The minimum absolute atomic E-state index is 0.0669. The normalized spacial score (nSPS) is 10.7. The first-order valence-electron chi connectivity index (χ1n) is 8.56. The van der Waals surface area contributed by atoms with E-state index in [0.29, 0.717) is 0 Å². The van der Waals surface area contributed by atoms with Crippen LogP contribution in [0.5, 0.6) is 0 Å². The number of anilines is 3. The fourth-order valence-electron chi connectivity index (χ4n) is 2.64. The smallest absolute Gasteiger partial charge is 0.301 e. The van der Waals surface area contributed by atoms with Crippen molar-refractivity contribution in [3.05, 3.63) is 98.6 Å². The van der Waals surface area contributed by atoms with Crippen LogP contribution in [0.4, 0.5) is 28.4 Å². The Morgan fingerprint density at radius 2 is 1.55 bits per heavy atom. The molecule has 0 aliphatic carbocycles. The zero-order valence-electron chi connectivity index (χ0n) is 15.4. The van der Waals surface area contributed by atoms with Crippen LogP contribution in [0.2, 0.25) is 0 Å². The van der Waals surface area contributed by atoms with Crippen LogP contribution in [-0.2, 0) is 0 Å². The summed E-state index contributed by atoms with van der Waals surface area (Å²) in [5, 5.41) is 25.9. The molecule has 0 aliphatic heterocycles. The topological polar surface area (TPSA) is 114 Å². The number of hydrogen-bond acceptors (Lipinski definition) is 7. The van der Waals surface area contributed by atoms with E-state index in [1.807, 2.05) is 66.5 Å². The Hall–Kier alpha value is -4.27. The fourth-order valence-corrected chi connectivity index (χ4v) is 2.64. The quantitative estimate of drug-likeness (QED) is 0.354. The summed E-state index contributed by atoms with van der Waals surface area (Å²) < 4.78 is 0. The van der Waals surface area contributed by atoms with Gasteiger partial charge in [0.15, 0.2) is 0 Å². The van der Waals surface area contributed by atoms with Crippen LogP contribution >= 0.6 is 0 Å². The Balaban J connectivity index is 1.71. The van der Waals surface area contributed by atoms with Gasteiger partial charge in [-0.05, 0) is 35.9 Å². The zero-order valence-corrected chi connectivity index (χ0v) is 15.4. The van der Waals surface area contributed by atoms with Gasteiger partial charge in [-0.3, -0.25) is 25.7 Å². The van der Waals surface area contributed by atoms with Crippen molar-refractivity contribution in [1.29, 1.82) is 0 Å². The number of nitrogens with zero attached hydrogens (tertiary/aromatic N) is 4. The number of hydrogen-bond donors (Lipinski definition) is 1. The highest BCUT2D eigenvalue weighted by Crippen LogP contribution is 2.29. The molecule has 0 saturated carbocycles. The third-order valence-electron chi connectivity index (χ3n) is 4.21. The van der Waals surface area contributed by atoms with Gasteiger partial charge in [0.25, 0.3) is 5.69 Å². The Morgan fingerprint density at radius 1 is 0.897 bits per heavy atom. The largest absolute Gasteiger partial charge is 0.345 e. The van der Waals surface area contributed by atoms with Crippen molar-refractivity contribution in [2.24, 2.45) is 5.10 Å². The highest BCUT2D eigenvalue weighted by Gasteiger charge is 2.19. The lowest BCUT2D eigenvalue weighted by Gasteiger charge is -2.19. The molecule has 0 amide bonds. The fraction of sp³-hybridized carbons (Fsp3) is 0.0500. The van der Waals surface area contributed by atoms with E-state index >= 15 is 0 Å². The Labute approximate surface area is 166 Å². The standard InChI is InChI=1S/C20H17N5O4/c1-23(16-5-3-2-4-6-16)17-9-7-15(8-10-17)14-21-22-19-12-11-18(24(26)27)13-20(19)25(28)29/h2-14,22H,1H3. The second kappa shape index (κ2) is 8.61. The van der Waals surface area contributed by atoms with Gasteiger partial charge in [0.2, 0.25) is 0 Å². The summed E-state index contributed by atoms with van der Waals surface area (Å²) >= 11 is 0. The van der Waals surface area contributed by atoms with E-state index in [0.717, 1.165) is 23.0 Å². The highest BCUT2D eigenvalue weighted by atomic mass is 16.6. The lowest BCUT2D eigenvalue weighted by atomic mass is 10.2. The van der Waals surface area contributed by atoms with Crippen molar-refractivity contribution < 1.29 is 9.85 Å². The number of hydrazone groups is 1. The van der Waals surface area contributed by atoms with E-state index in [4.69, 9.17) is 0 Å². The van der Waals surface area contributed by atoms with E-state index in [-0.39, 0.29) is 11.4 Å². The molecule has 0 bridgehead atoms. The third-order valence-corrected chi connectivity index (χ3v) is 4.21. The molecule has 3 rings (SSSR count). The third kappa shape index (κ3) is 4.72. The molecule has 0 aromatic heterocycles. The molecule has 0 atom stereocenters. The first-order valence-corrected chi connectivity index (χ1v) is 8.56. The molecule has 0 saturated heterocycles. The number of non-ortho nitro benzene ring substituents is 1. The van der Waals surface area contributed by atoms with Crippen LogP contribution < -0.4 is 10.3 Å². The summed E-state index contributed by atoms with van der Waals surface area (Å²) in [5.41, 5.74) is 4.69. The number of rotatable bonds is 7. The number of para-hydroxylation sites is 1. The summed E-state index contributed by atoms with van der Waals surface area (Å²) in [6.45, 7) is 0. The molecule has 0 spiro atoms. The predicted octanol–water partition coefficient (Wildman–Crippen LogP) is 4.72. The van der Waals surface area contributed by atoms with Crippen LogP contribution in [0.25, 0.3) is 0 Å². The average Bonchev–Trinajstić information content (AvgIpc) is 2.74. The second-order valence-corrected chi connectivity index (χ2v) is 6.07. The van der Waals surface area contributed by atoms with E-state index in [9.17, 15) is 20.2 Å². The van der Waals surface area contributed by atoms with Crippen molar-refractivity contribution in [2.75, 3.05) is 17.4 Å². The van der Waals surface area contributed by atoms with Gasteiger partial charge in [0.05, 0.1) is 22.1 Å². The lowest BCUT2D eigenvalue weighted by Crippen LogP contribution is -2.08. The summed E-state index contributed by atoms with van der Waals surface area (Å²) in [7, 11) is 1.97. The molecule has 3 aromatic carbocycles. The Bertz CT molecular complexity index is 1050. The molecule has 9 nitrogen and oxygen atoms in total. The van der Waals surface area contributed by atoms with E-state index in [1.165, 1.54) is 18.3 Å². The minimum Gasteiger partial charge on any atom is -0.345 e. The molecule has 29 heavy (non-hydrogen) atoms. The van der Waals surface area contributed by atoms with Crippen molar-refractivity contribution in [3.8, 4) is 0 Å². The van der Waals surface area contributed by atoms with Crippen LogP contribution in [0.15, 0.2) is 77.9 Å². The molecule has 0 aliphatic rings. The average molecular weight is 391 g/mol. The summed E-state index contributed by atoms with van der Waals surface area (Å²) in [5.74, 6) is 0. The van der Waals surface area contributed by atoms with Gasteiger partial charge in [-0.25, -0.2) is 0 Å². The van der Waals surface area contributed by atoms with Gasteiger partial charge in [0, 0.05) is 24.5 Å². The minimum atomic E-state index is -0.695. The molecule has 3 aromatic rings. The first-order chi connectivity index (χ1) is 14.0. The molecular weight excluding hydrogens is 374 g/mol. The van der Waals surface area contributed by atoms with Gasteiger partial charge < -0.3 is 4.90 Å². The van der Waals surface area contributed by atoms with Crippen LogP contribution in [0.1, 0.15) is 5.56 Å². The number of nitro groups is 2. The molecule has 0 heterocycles. The van der Waals surface area contributed by atoms with Gasteiger partial charge in [0.1, 0.15) is 5.69 Å². The molecule has 9 heteroatoms. The van der Waals surface area contributed by atoms with Gasteiger partial charge in [-0.2, -0.15) is 5.10 Å². The van der Waals surface area contributed by atoms with E-state index < -0.39 is 15.5 Å². The molecular formula is C20H17N5O4. The monoisotopic (exact) mass is 391 g/mol. The zero-order chi connectivity index (χ0) is 20.8. The number of nitrogens with one attached hydrogen (secondary N) is 1. The Kier molecular flexibility index (Phi) is 5.79. The summed E-state index contributed by atoms with van der Waals surface area (Å²) in [6, 6.07) is 20.8. The molecule has 0 radical (unpaired) electrons. The van der Waals surface area contributed by atoms with E-state index in [1.54, 1.807) is 0 Å². The van der Waals surface area contributed by atoms with Gasteiger partial charge >= 0.3 is 5.69 Å². The van der Waals surface area contributed by atoms with Crippen LogP contribution in [-0.4, -0.2) is 23.1 Å². The number of benzene rings is 3. The highest BCUT2D eigenvalue weighted by molar-refractivity contribution is 5.81. The van der Waals surface area contributed by atoms with Crippen molar-refractivity contribution in [2.45, 2.75) is 0 Å². The summed E-state index contributed by atoms with van der Waals surface area (Å²) in [6.07, 6.45) is 1.51. The van der Waals surface area contributed by atoms with Gasteiger partial charge in [-0.15, -0.1) is 0 Å². The maximum absolute atomic E-state index is 11.1. The van der Waals surface area contributed by atoms with Crippen LogP contribution in [0, 0.1) is 20.2 Å². The second-order valence-electron chi connectivity index (χ2n) is 6.07. The molecule has 0 unspecified atom stereocenters. The summed E-state index contributed by atoms with van der Waals surface area (Å²) in [4.78, 5) is 22.6.